The number of hydrogen-bond donors (Lipinski definition) is 0. The highest BCUT2D eigenvalue weighted by Crippen LogP contribution is 2.29. The molecule has 2 aromatic carbocycles. The smallest absolute Gasteiger partial charge is 0.0833 e. The first-order valence-electron chi connectivity index (χ1n) is 5.90. The van der Waals surface area contributed by atoms with Crippen LogP contribution in [-0.2, 0) is 0 Å². The summed E-state index contributed by atoms with van der Waals surface area (Å²) in [7, 11) is 0. The van der Waals surface area contributed by atoms with Gasteiger partial charge >= 0.3 is 0 Å². The minimum atomic E-state index is 0.548. The Bertz CT molecular complexity index is 765. The minimum absolute atomic E-state index is 0.548. The van der Waals surface area contributed by atoms with Crippen LogP contribution in [0.2, 0.25) is 15.1 Å². The lowest BCUT2D eigenvalue weighted by atomic mass is 10.1. The van der Waals surface area contributed by atoms with Gasteiger partial charge < -0.3 is 0 Å². The van der Waals surface area contributed by atoms with Gasteiger partial charge in [0.05, 0.1) is 16.9 Å². The van der Waals surface area contributed by atoms with E-state index in [4.69, 9.17) is 34.8 Å². The Hall–Kier alpha value is -1.48. The molecule has 1 heterocycles. The van der Waals surface area contributed by atoms with Crippen molar-refractivity contribution in [3.8, 4) is 16.8 Å². The van der Waals surface area contributed by atoms with E-state index in [1.54, 1.807) is 23.0 Å². The van der Waals surface area contributed by atoms with Gasteiger partial charge in [-0.2, -0.15) is 5.10 Å². The van der Waals surface area contributed by atoms with Crippen LogP contribution < -0.4 is 0 Å². The van der Waals surface area contributed by atoms with E-state index in [2.05, 4.69) is 5.10 Å². The monoisotopic (exact) mass is 322 g/mol. The molecular formula is C15H9Cl3N2. The van der Waals surface area contributed by atoms with Crippen molar-refractivity contribution in [2.24, 2.45) is 0 Å². The first-order valence-corrected chi connectivity index (χ1v) is 7.03. The Morgan fingerprint density at radius 1 is 0.900 bits per heavy atom. The Morgan fingerprint density at radius 3 is 2.45 bits per heavy atom. The van der Waals surface area contributed by atoms with Crippen molar-refractivity contribution in [2.45, 2.75) is 0 Å². The molecule has 0 unspecified atom stereocenters. The van der Waals surface area contributed by atoms with E-state index in [9.17, 15) is 0 Å². The third-order valence-corrected chi connectivity index (χ3v) is 3.79. The average Bonchev–Trinajstić information content (AvgIpc) is 2.88. The molecule has 1 aromatic heterocycles. The fraction of sp³-hybridized carbons (Fsp3) is 0. The van der Waals surface area contributed by atoms with Crippen molar-refractivity contribution in [3.63, 3.8) is 0 Å². The average molecular weight is 324 g/mol. The summed E-state index contributed by atoms with van der Waals surface area (Å²) in [6.07, 6.45) is 3.64. The summed E-state index contributed by atoms with van der Waals surface area (Å²) in [5.74, 6) is 0. The summed E-state index contributed by atoms with van der Waals surface area (Å²) in [5.41, 5.74) is 2.64. The summed E-state index contributed by atoms with van der Waals surface area (Å²) in [6, 6.07) is 12.9. The van der Waals surface area contributed by atoms with Crippen LogP contribution in [0.5, 0.6) is 0 Å². The van der Waals surface area contributed by atoms with Crippen molar-refractivity contribution in [2.75, 3.05) is 0 Å². The molecule has 0 bridgehead atoms. The zero-order valence-corrected chi connectivity index (χ0v) is 12.5. The summed E-state index contributed by atoms with van der Waals surface area (Å²) in [4.78, 5) is 0. The standard InChI is InChI=1S/C15H9Cl3N2/c16-11-5-6-15(14(18)7-11)20-9-10(8-19-20)12-3-1-2-4-13(12)17/h1-9H. The molecule has 0 aliphatic rings. The van der Waals surface area contributed by atoms with Crippen LogP contribution in [0.15, 0.2) is 54.9 Å². The van der Waals surface area contributed by atoms with Crippen molar-refractivity contribution < 1.29 is 0 Å². The lowest BCUT2D eigenvalue weighted by molar-refractivity contribution is 0.881. The number of nitrogens with zero attached hydrogens (tertiary/aromatic N) is 2. The van der Waals surface area contributed by atoms with Crippen molar-refractivity contribution in [3.05, 3.63) is 69.9 Å². The number of halogens is 3. The second-order valence-electron chi connectivity index (χ2n) is 4.25. The zero-order valence-electron chi connectivity index (χ0n) is 10.2. The van der Waals surface area contributed by atoms with Crippen LogP contribution in [0.4, 0.5) is 0 Å². The normalized spacial score (nSPS) is 10.8. The Balaban J connectivity index is 2.04. The molecule has 0 aliphatic heterocycles. The van der Waals surface area contributed by atoms with Gasteiger partial charge in [0.1, 0.15) is 0 Å². The Labute approximate surface area is 131 Å². The van der Waals surface area contributed by atoms with Crippen LogP contribution >= 0.6 is 34.8 Å². The van der Waals surface area contributed by atoms with Crippen LogP contribution in [0.25, 0.3) is 16.8 Å². The van der Waals surface area contributed by atoms with Gasteiger partial charge in [0.2, 0.25) is 0 Å². The van der Waals surface area contributed by atoms with Crippen molar-refractivity contribution in [1.29, 1.82) is 0 Å². The zero-order chi connectivity index (χ0) is 14.1. The predicted octanol–water partition coefficient (Wildman–Crippen LogP) is 5.50. The molecule has 0 N–H and O–H groups in total. The number of hydrogen-bond acceptors (Lipinski definition) is 1. The van der Waals surface area contributed by atoms with E-state index in [0.717, 1.165) is 16.8 Å². The number of rotatable bonds is 2. The van der Waals surface area contributed by atoms with Gasteiger partial charge in [-0.15, -0.1) is 0 Å². The summed E-state index contributed by atoms with van der Waals surface area (Å²) >= 11 is 18.3. The number of benzene rings is 2. The SMILES string of the molecule is Clc1ccc(-n2cc(-c3ccccc3Cl)cn2)c(Cl)c1. The first kappa shape index (κ1) is 13.5. The van der Waals surface area contributed by atoms with Crippen LogP contribution in [0.1, 0.15) is 0 Å². The Kier molecular flexibility index (Phi) is 3.70. The molecule has 0 fully saturated rings. The van der Waals surface area contributed by atoms with Crippen molar-refractivity contribution in [1.82, 2.24) is 9.78 Å². The highest BCUT2D eigenvalue weighted by molar-refractivity contribution is 6.35. The highest BCUT2D eigenvalue weighted by Gasteiger charge is 2.09. The summed E-state index contributed by atoms with van der Waals surface area (Å²) in [6.45, 7) is 0. The van der Waals surface area contributed by atoms with Gasteiger partial charge in [0.25, 0.3) is 0 Å². The molecule has 5 heteroatoms. The van der Waals surface area contributed by atoms with Crippen LogP contribution in [0.3, 0.4) is 0 Å². The van der Waals surface area contributed by atoms with Gasteiger partial charge in [0, 0.05) is 27.4 Å². The quantitative estimate of drug-likeness (QED) is 0.609. The first-order chi connectivity index (χ1) is 9.65. The maximum absolute atomic E-state index is 6.19. The van der Waals surface area contributed by atoms with E-state index in [1.165, 1.54) is 0 Å². The van der Waals surface area contributed by atoms with E-state index < -0.39 is 0 Å². The van der Waals surface area contributed by atoms with E-state index in [1.807, 2.05) is 36.5 Å². The predicted molar refractivity (Wildman–Crippen MR) is 84.0 cm³/mol. The fourth-order valence-electron chi connectivity index (χ4n) is 1.96. The second-order valence-corrected chi connectivity index (χ2v) is 5.50. The Morgan fingerprint density at radius 2 is 1.70 bits per heavy atom. The van der Waals surface area contributed by atoms with Crippen LogP contribution in [0, 0.1) is 0 Å². The molecule has 0 amide bonds. The molecule has 0 aliphatic carbocycles. The molecule has 3 rings (SSSR count). The van der Waals surface area contributed by atoms with Gasteiger partial charge in [-0.05, 0) is 24.3 Å². The summed E-state index contributed by atoms with van der Waals surface area (Å²) < 4.78 is 1.71. The lowest BCUT2D eigenvalue weighted by Gasteiger charge is -2.04. The third kappa shape index (κ3) is 2.55. The fourth-order valence-corrected chi connectivity index (χ4v) is 2.70. The van der Waals surface area contributed by atoms with E-state index >= 15 is 0 Å². The maximum Gasteiger partial charge on any atom is 0.0833 e. The maximum atomic E-state index is 6.19. The van der Waals surface area contributed by atoms with Crippen LogP contribution in [-0.4, -0.2) is 9.78 Å². The minimum Gasteiger partial charge on any atom is -0.239 e. The van der Waals surface area contributed by atoms with Gasteiger partial charge in [-0.25, -0.2) is 4.68 Å². The van der Waals surface area contributed by atoms with Gasteiger partial charge in [-0.1, -0.05) is 53.0 Å². The highest BCUT2D eigenvalue weighted by atomic mass is 35.5. The molecular weight excluding hydrogens is 315 g/mol. The molecule has 0 radical (unpaired) electrons. The topological polar surface area (TPSA) is 17.8 Å². The van der Waals surface area contributed by atoms with E-state index in [0.29, 0.717) is 15.1 Å². The van der Waals surface area contributed by atoms with Crippen molar-refractivity contribution >= 4 is 34.8 Å². The number of aromatic nitrogens is 2. The molecule has 2 nitrogen and oxygen atoms in total. The molecule has 0 spiro atoms. The van der Waals surface area contributed by atoms with E-state index in [-0.39, 0.29) is 0 Å². The lowest BCUT2D eigenvalue weighted by Crippen LogP contribution is -1.94. The third-order valence-electron chi connectivity index (χ3n) is 2.92. The summed E-state index contributed by atoms with van der Waals surface area (Å²) in [5, 5.41) is 6.16. The molecule has 100 valence electrons. The largest absolute Gasteiger partial charge is 0.239 e. The van der Waals surface area contributed by atoms with Gasteiger partial charge in [0.15, 0.2) is 0 Å². The van der Waals surface area contributed by atoms with Gasteiger partial charge in [-0.3, -0.25) is 0 Å². The molecule has 0 saturated carbocycles. The molecule has 20 heavy (non-hydrogen) atoms. The molecule has 0 saturated heterocycles. The molecule has 0 atom stereocenters. The second kappa shape index (κ2) is 5.49. The molecule has 3 aromatic rings.